The number of halogens is 1. The second-order valence-corrected chi connectivity index (χ2v) is 6.79. The van der Waals surface area contributed by atoms with E-state index in [2.05, 4.69) is 36.7 Å². The average Bonchev–Trinajstić information content (AvgIpc) is 2.24. The Labute approximate surface area is 118 Å². The maximum absolute atomic E-state index is 9.71. The second-order valence-electron chi connectivity index (χ2n) is 5.87. The molecule has 18 heavy (non-hydrogen) atoms. The van der Waals surface area contributed by atoms with E-state index in [0.29, 0.717) is 12.0 Å². The van der Waals surface area contributed by atoms with Gasteiger partial charge in [0.1, 0.15) is 5.75 Å². The van der Waals surface area contributed by atoms with E-state index < -0.39 is 6.10 Å². The van der Waals surface area contributed by atoms with Crippen molar-refractivity contribution in [3.05, 3.63) is 28.2 Å². The van der Waals surface area contributed by atoms with Gasteiger partial charge in [0.15, 0.2) is 0 Å². The van der Waals surface area contributed by atoms with Gasteiger partial charge in [-0.05, 0) is 43.4 Å². The highest BCUT2D eigenvalue weighted by Gasteiger charge is 2.12. The van der Waals surface area contributed by atoms with Gasteiger partial charge in [0, 0.05) is 10.0 Å². The lowest BCUT2D eigenvalue weighted by Gasteiger charge is -2.19. The number of hydrogen-bond acceptors (Lipinski definition) is 2. The molecule has 0 radical (unpaired) electrons. The molecule has 0 aliphatic heterocycles. The molecule has 0 fully saturated rings. The molecule has 102 valence electrons. The van der Waals surface area contributed by atoms with Crippen LogP contribution >= 0.6 is 15.9 Å². The standard InChI is InChI=1S/C15H23BrO2/c1-11(17)13-10-12(16)6-7-14(13)18-9-5-8-15(2,3)4/h6-7,10-11,17H,5,8-9H2,1-4H3/t11-/m1/s1. The number of aliphatic hydroxyl groups is 1. The molecule has 0 aliphatic carbocycles. The van der Waals surface area contributed by atoms with Crippen LogP contribution in [0.3, 0.4) is 0 Å². The molecule has 2 nitrogen and oxygen atoms in total. The third-order valence-electron chi connectivity index (χ3n) is 2.75. The van der Waals surface area contributed by atoms with Crippen LogP contribution in [0.1, 0.15) is 52.2 Å². The first kappa shape index (κ1) is 15.5. The van der Waals surface area contributed by atoms with E-state index in [4.69, 9.17) is 4.74 Å². The lowest BCUT2D eigenvalue weighted by Crippen LogP contribution is -2.08. The van der Waals surface area contributed by atoms with Crippen molar-refractivity contribution >= 4 is 15.9 Å². The Kier molecular flexibility index (Phi) is 5.67. The number of aliphatic hydroxyl groups excluding tert-OH is 1. The quantitative estimate of drug-likeness (QED) is 0.798. The Morgan fingerprint density at radius 2 is 2.00 bits per heavy atom. The summed E-state index contributed by atoms with van der Waals surface area (Å²) < 4.78 is 6.73. The van der Waals surface area contributed by atoms with Crippen LogP contribution in [0.15, 0.2) is 22.7 Å². The van der Waals surface area contributed by atoms with E-state index in [1.165, 1.54) is 0 Å². The van der Waals surface area contributed by atoms with Gasteiger partial charge in [-0.25, -0.2) is 0 Å². The topological polar surface area (TPSA) is 29.5 Å². The molecule has 1 atom stereocenters. The molecule has 0 amide bonds. The van der Waals surface area contributed by atoms with Crippen molar-refractivity contribution in [2.45, 2.75) is 46.6 Å². The van der Waals surface area contributed by atoms with Gasteiger partial charge in [-0.15, -0.1) is 0 Å². The zero-order valence-corrected chi connectivity index (χ0v) is 13.3. The van der Waals surface area contributed by atoms with Crippen LogP contribution in [0, 0.1) is 5.41 Å². The van der Waals surface area contributed by atoms with Crippen LogP contribution in [0.5, 0.6) is 5.75 Å². The monoisotopic (exact) mass is 314 g/mol. The first-order valence-corrected chi connectivity index (χ1v) is 7.19. The van der Waals surface area contributed by atoms with Crippen molar-refractivity contribution in [2.24, 2.45) is 5.41 Å². The summed E-state index contributed by atoms with van der Waals surface area (Å²) >= 11 is 3.41. The first-order valence-electron chi connectivity index (χ1n) is 6.40. The predicted octanol–water partition coefficient (Wildman–Crippen LogP) is 4.71. The second kappa shape index (κ2) is 6.58. The molecule has 3 heteroatoms. The van der Waals surface area contributed by atoms with Crippen LogP contribution in [0.25, 0.3) is 0 Å². The highest BCUT2D eigenvalue weighted by atomic mass is 79.9. The molecule has 0 unspecified atom stereocenters. The third kappa shape index (κ3) is 5.40. The first-order chi connectivity index (χ1) is 8.29. The Balaban J connectivity index is 2.57. The van der Waals surface area contributed by atoms with Crippen molar-refractivity contribution in [1.29, 1.82) is 0 Å². The van der Waals surface area contributed by atoms with Gasteiger partial charge < -0.3 is 9.84 Å². The molecule has 0 aromatic heterocycles. The van der Waals surface area contributed by atoms with Crippen molar-refractivity contribution in [3.8, 4) is 5.75 Å². The van der Waals surface area contributed by atoms with Crippen LogP contribution < -0.4 is 4.74 Å². The predicted molar refractivity (Wildman–Crippen MR) is 79.0 cm³/mol. The molecule has 0 saturated heterocycles. The summed E-state index contributed by atoms with van der Waals surface area (Å²) in [5.74, 6) is 0.780. The molecule has 0 spiro atoms. The fourth-order valence-corrected chi connectivity index (χ4v) is 2.14. The molecule has 0 heterocycles. The summed E-state index contributed by atoms with van der Waals surface area (Å²) in [5.41, 5.74) is 1.18. The molecule has 0 saturated carbocycles. The highest BCUT2D eigenvalue weighted by molar-refractivity contribution is 9.10. The van der Waals surface area contributed by atoms with Crippen molar-refractivity contribution in [1.82, 2.24) is 0 Å². The minimum atomic E-state index is -0.514. The van der Waals surface area contributed by atoms with Crippen molar-refractivity contribution in [2.75, 3.05) is 6.61 Å². The number of rotatable bonds is 5. The highest BCUT2D eigenvalue weighted by Crippen LogP contribution is 2.29. The van der Waals surface area contributed by atoms with Crippen LogP contribution in [0.2, 0.25) is 0 Å². The third-order valence-corrected chi connectivity index (χ3v) is 3.24. The number of hydrogen-bond donors (Lipinski definition) is 1. The van der Waals surface area contributed by atoms with Gasteiger partial charge in [0.05, 0.1) is 12.7 Å². The van der Waals surface area contributed by atoms with Gasteiger partial charge >= 0.3 is 0 Å². The average molecular weight is 315 g/mol. The number of ether oxygens (including phenoxy) is 1. The Morgan fingerprint density at radius 1 is 1.33 bits per heavy atom. The van der Waals surface area contributed by atoms with Gasteiger partial charge in [0.25, 0.3) is 0 Å². The maximum Gasteiger partial charge on any atom is 0.125 e. The van der Waals surface area contributed by atoms with Gasteiger partial charge in [-0.2, -0.15) is 0 Å². The van der Waals surface area contributed by atoms with Gasteiger partial charge in [0.2, 0.25) is 0 Å². The minimum absolute atomic E-state index is 0.343. The lowest BCUT2D eigenvalue weighted by atomic mass is 9.91. The Morgan fingerprint density at radius 3 is 2.56 bits per heavy atom. The SMILES string of the molecule is C[C@@H](O)c1cc(Br)ccc1OCCCC(C)(C)C. The molecule has 1 rings (SSSR count). The van der Waals surface area contributed by atoms with E-state index in [-0.39, 0.29) is 0 Å². The van der Waals surface area contributed by atoms with E-state index in [9.17, 15) is 5.11 Å². The molecule has 0 bridgehead atoms. The molecular formula is C15H23BrO2. The zero-order chi connectivity index (χ0) is 13.8. The smallest absolute Gasteiger partial charge is 0.125 e. The largest absolute Gasteiger partial charge is 0.493 e. The minimum Gasteiger partial charge on any atom is -0.493 e. The van der Waals surface area contributed by atoms with E-state index in [1.54, 1.807) is 6.92 Å². The summed E-state index contributed by atoms with van der Waals surface area (Å²) in [4.78, 5) is 0. The van der Waals surface area contributed by atoms with Crippen molar-refractivity contribution in [3.63, 3.8) is 0 Å². The van der Waals surface area contributed by atoms with Gasteiger partial charge in [-0.1, -0.05) is 36.7 Å². The zero-order valence-electron chi connectivity index (χ0n) is 11.7. The van der Waals surface area contributed by atoms with Crippen LogP contribution in [-0.2, 0) is 0 Å². The van der Waals surface area contributed by atoms with E-state index in [0.717, 1.165) is 28.6 Å². The maximum atomic E-state index is 9.71. The lowest BCUT2D eigenvalue weighted by molar-refractivity contribution is 0.189. The van der Waals surface area contributed by atoms with E-state index >= 15 is 0 Å². The fraction of sp³-hybridized carbons (Fsp3) is 0.600. The molecule has 0 aliphatic rings. The van der Waals surface area contributed by atoms with Crippen LogP contribution in [0.4, 0.5) is 0 Å². The molecular weight excluding hydrogens is 292 g/mol. The van der Waals surface area contributed by atoms with E-state index in [1.807, 2.05) is 18.2 Å². The summed E-state index contributed by atoms with van der Waals surface area (Å²) in [7, 11) is 0. The Hall–Kier alpha value is -0.540. The summed E-state index contributed by atoms with van der Waals surface area (Å²) in [6, 6.07) is 5.75. The Bertz CT molecular complexity index is 381. The number of benzene rings is 1. The molecule has 1 aromatic carbocycles. The fourth-order valence-electron chi connectivity index (χ4n) is 1.76. The van der Waals surface area contributed by atoms with Crippen molar-refractivity contribution < 1.29 is 9.84 Å². The van der Waals surface area contributed by atoms with Crippen LogP contribution in [-0.4, -0.2) is 11.7 Å². The molecule has 1 N–H and O–H groups in total. The normalized spacial score (nSPS) is 13.4. The van der Waals surface area contributed by atoms with Gasteiger partial charge in [-0.3, -0.25) is 0 Å². The summed E-state index contributed by atoms with van der Waals surface area (Å²) in [5, 5.41) is 9.71. The summed E-state index contributed by atoms with van der Waals surface area (Å²) in [6.07, 6.45) is 1.65. The molecule has 1 aromatic rings. The summed E-state index contributed by atoms with van der Waals surface area (Å²) in [6.45, 7) is 9.14.